The van der Waals surface area contributed by atoms with Crippen molar-refractivity contribution >= 4 is 29.9 Å². The molecule has 2 aliphatic carbocycles. The van der Waals surface area contributed by atoms with E-state index in [1.807, 2.05) is 7.05 Å². The fourth-order valence-electron chi connectivity index (χ4n) is 4.78. The first-order chi connectivity index (χ1) is 12.8. The first-order valence-corrected chi connectivity index (χ1v) is 10.5. The zero-order valence-corrected chi connectivity index (χ0v) is 19.0. The van der Waals surface area contributed by atoms with Gasteiger partial charge in [0.15, 0.2) is 5.96 Å². The minimum Gasteiger partial charge on any atom is -0.356 e. The lowest BCUT2D eigenvalue weighted by atomic mass is 9.65. The Morgan fingerprint density at radius 2 is 1.81 bits per heavy atom. The molecule has 5 heteroatoms. The van der Waals surface area contributed by atoms with Crippen LogP contribution in [0.2, 0.25) is 0 Å². The second-order valence-electron chi connectivity index (χ2n) is 8.60. The number of rotatable bonds is 6. The van der Waals surface area contributed by atoms with Gasteiger partial charge >= 0.3 is 0 Å². The summed E-state index contributed by atoms with van der Waals surface area (Å²) in [6.07, 6.45) is 9.55. The first-order valence-electron chi connectivity index (χ1n) is 10.5. The molecular formula is C22H35IN4. The van der Waals surface area contributed by atoms with Gasteiger partial charge in [0, 0.05) is 39.3 Å². The van der Waals surface area contributed by atoms with Crippen molar-refractivity contribution in [3.8, 4) is 0 Å². The van der Waals surface area contributed by atoms with Crippen LogP contribution in [0, 0.1) is 11.3 Å². The second-order valence-corrected chi connectivity index (χ2v) is 8.60. The van der Waals surface area contributed by atoms with Crippen molar-refractivity contribution in [2.24, 2.45) is 16.3 Å². The molecular weight excluding hydrogens is 447 g/mol. The number of guanidine groups is 1. The third kappa shape index (κ3) is 5.37. The standard InChI is InChI=1S/C22H34N4.HI/c1-23-21(24-17-22(12-5-13-22)19-8-9-19)25-20-10-14-26(15-11-20)16-18-6-3-2-4-7-18;/h2-4,6-7,19-20H,5,8-17H2,1H3,(H2,23,24,25);1H. The molecule has 3 fully saturated rings. The molecule has 3 aliphatic rings. The number of hydrogen-bond acceptors (Lipinski definition) is 2. The molecule has 0 unspecified atom stereocenters. The Bertz CT molecular complexity index is 602. The minimum absolute atomic E-state index is 0. The predicted octanol–water partition coefficient (Wildman–Crippen LogP) is 4.01. The fourth-order valence-corrected chi connectivity index (χ4v) is 4.78. The van der Waals surface area contributed by atoms with Gasteiger partial charge in [0.1, 0.15) is 0 Å². The van der Waals surface area contributed by atoms with Crippen LogP contribution in [0.15, 0.2) is 35.3 Å². The van der Waals surface area contributed by atoms with Crippen molar-refractivity contribution < 1.29 is 0 Å². The number of aliphatic imine (C=N–C) groups is 1. The second kappa shape index (κ2) is 9.59. The van der Waals surface area contributed by atoms with E-state index in [9.17, 15) is 0 Å². The van der Waals surface area contributed by atoms with Crippen LogP contribution < -0.4 is 10.6 Å². The van der Waals surface area contributed by atoms with E-state index in [4.69, 9.17) is 0 Å². The van der Waals surface area contributed by atoms with Crippen LogP contribution in [-0.4, -0.2) is 43.6 Å². The van der Waals surface area contributed by atoms with E-state index >= 15 is 0 Å². The molecule has 150 valence electrons. The SMILES string of the molecule is CN=C(NCC1(C2CC2)CCC1)NC1CCN(Cc2ccccc2)CC1.I. The molecule has 1 aromatic rings. The maximum Gasteiger partial charge on any atom is 0.191 e. The maximum absolute atomic E-state index is 4.49. The van der Waals surface area contributed by atoms with Gasteiger partial charge in [-0.2, -0.15) is 0 Å². The number of piperidine rings is 1. The topological polar surface area (TPSA) is 39.7 Å². The molecule has 27 heavy (non-hydrogen) atoms. The van der Waals surface area contributed by atoms with Gasteiger partial charge in [-0.3, -0.25) is 9.89 Å². The van der Waals surface area contributed by atoms with Crippen LogP contribution in [0.25, 0.3) is 0 Å². The van der Waals surface area contributed by atoms with E-state index in [0.29, 0.717) is 11.5 Å². The summed E-state index contributed by atoms with van der Waals surface area (Å²) in [5.41, 5.74) is 2.01. The van der Waals surface area contributed by atoms with Gasteiger partial charge in [-0.25, -0.2) is 0 Å². The van der Waals surface area contributed by atoms with E-state index in [1.54, 1.807) is 0 Å². The van der Waals surface area contributed by atoms with Crippen molar-refractivity contribution in [2.75, 3.05) is 26.7 Å². The average molecular weight is 482 g/mol. The van der Waals surface area contributed by atoms with Crippen molar-refractivity contribution in [1.29, 1.82) is 0 Å². The Hall–Kier alpha value is -0.820. The van der Waals surface area contributed by atoms with Crippen molar-refractivity contribution in [2.45, 2.75) is 57.5 Å². The van der Waals surface area contributed by atoms with Gasteiger partial charge in [-0.05, 0) is 55.4 Å². The van der Waals surface area contributed by atoms with Gasteiger partial charge in [0.05, 0.1) is 0 Å². The van der Waals surface area contributed by atoms with Crippen LogP contribution in [0.5, 0.6) is 0 Å². The van der Waals surface area contributed by atoms with Gasteiger partial charge in [0.2, 0.25) is 0 Å². The molecule has 4 nitrogen and oxygen atoms in total. The molecule has 4 rings (SSSR count). The zero-order valence-electron chi connectivity index (χ0n) is 16.6. The van der Waals surface area contributed by atoms with Gasteiger partial charge in [-0.1, -0.05) is 36.8 Å². The molecule has 1 aromatic carbocycles. The molecule has 0 radical (unpaired) electrons. The predicted molar refractivity (Wildman–Crippen MR) is 124 cm³/mol. The molecule has 0 amide bonds. The number of halogens is 1. The number of benzene rings is 1. The molecule has 2 N–H and O–H groups in total. The highest BCUT2D eigenvalue weighted by Crippen LogP contribution is 2.56. The summed E-state index contributed by atoms with van der Waals surface area (Å²) in [5, 5.41) is 7.34. The quantitative estimate of drug-likeness (QED) is 0.366. The largest absolute Gasteiger partial charge is 0.356 e. The summed E-state index contributed by atoms with van der Waals surface area (Å²) in [7, 11) is 1.91. The van der Waals surface area contributed by atoms with Gasteiger partial charge in [0.25, 0.3) is 0 Å². The normalized spacial score (nSPS) is 23.2. The van der Waals surface area contributed by atoms with Gasteiger partial charge < -0.3 is 10.6 Å². The Kier molecular flexibility index (Phi) is 7.42. The Balaban J connectivity index is 0.00000210. The Morgan fingerprint density at radius 3 is 2.37 bits per heavy atom. The summed E-state index contributed by atoms with van der Waals surface area (Å²) in [4.78, 5) is 7.06. The Labute approximate surface area is 181 Å². The van der Waals surface area contributed by atoms with E-state index < -0.39 is 0 Å². The van der Waals surface area contributed by atoms with Crippen LogP contribution in [-0.2, 0) is 6.54 Å². The highest BCUT2D eigenvalue weighted by atomic mass is 127. The lowest BCUT2D eigenvalue weighted by Gasteiger charge is -2.43. The number of likely N-dealkylation sites (tertiary alicyclic amines) is 1. The highest BCUT2D eigenvalue weighted by Gasteiger charge is 2.48. The van der Waals surface area contributed by atoms with Crippen molar-refractivity contribution in [3.05, 3.63) is 35.9 Å². The fraction of sp³-hybridized carbons (Fsp3) is 0.682. The molecule has 1 heterocycles. The third-order valence-electron chi connectivity index (χ3n) is 6.80. The van der Waals surface area contributed by atoms with Crippen LogP contribution in [0.4, 0.5) is 0 Å². The third-order valence-corrected chi connectivity index (χ3v) is 6.80. The van der Waals surface area contributed by atoms with Gasteiger partial charge in [-0.15, -0.1) is 24.0 Å². The summed E-state index contributed by atoms with van der Waals surface area (Å²) in [6.45, 7) is 4.51. The Morgan fingerprint density at radius 1 is 1.11 bits per heavy atom. The maximum atomic E-state index is 4.49. The van der Waals surface area contributed by atoms with Crippen LogP contribution in [0.3, 0.4) is 0 Å². The monoisotopic (exact) mass is 482 g/mol. The summed E-state index contributed by atoms with van der Waals surface area (Å²) < 4.78 is 0. The van der Waals surface area contributed by atoms with Crippen molar-refractivity contribution in [3.63, 3.8) is 0 Å². The number of nitrogens with one attached hydrogen (secondary N) is 2. The minimum atomic E-state index is 0. The lowest BCUT2D eigenvalue weighted by molar-refractivity contribution is 0.105. The first kappa shape index (κ1) is 20.9. The summed E-state index contributed by atoms with van der Waals surface area (Å²) in [5.74, 6) is 2.00. The van der Waals surface area contributed by atoms with Crippen LogP contribution >= 0.6 is 24.0 Å². The number of hydrogen-bond donors (Lipinski definition) is 2. The van der Waals surface area contributed by atoms with E-state index in [1.165, 1.54) is 50.5 Å². The molecule has 1 aliphatic heterocycles. The average Bonchev–Trinajstić information content (AvgIpc) is 3.48. The highest BCUT2D eigenvalue weighted by molar-refractivity contribution is 14.0. The smallest absolute Gasteiger partial charge is 0.191 e. The van der Waals surface area contributed by atoms with E-state index in [0.717, 1.165) is 38.1 Å². The van der Waals surface area contributed by atoms with E-state index in [-0.39, 0.29) is 24.0 Å². The van der Waals surface area contributed by atoms with Crippen LogP contribution in [0.1, 0.15) is 50.5 Å². The summed E-state index contributed by atoms with van der Waals surface area (Å²) in [6, 6.07) is 11.4. The molecule has 1 saturated heterocycles. The lowest BCUT2D eigenvalue weighted by Crippen LogP contribution is -2.52. The molecule has 2 saturated carbocycles. The van der Waals surface area contributed by atoms with Crippen molar-refractivity contribution in [1.82, 2.24) is 15.5 Å². The zero-order chi connectivity index (χ0) is 17.8. The van der Waals surface area contributed by atoms with E-state index in [2.05, 4.69) is 50.9 Å². The molecule has 0 aromatic heterocycles. The molecule has 0 atom stereocenters. The summed E-state index contributed by atoms with van der Waals surface area (Å²) >= 11 is 0. The number of nitrogens with zero attached hydrogens (tertiary/aromatic N) is 2. The molecule has 0 bridgehead atoms. The molecule has 0 spiro atoms.